The Morgan fingerprint density at radius 3 is 1.27 bits per heavy atom. The van der Waals surface area contributed by atoms with Crippen LogP contribution in [0.2, 0.25) is 0 Å². The van der Waals surface area contributed by atoms with Gasteiger partial charge >= 0.3 is 22.5 Å². The van der Waals surface area contributed by atoms with Gasteiger partial charge in [0.2, 0.25) is 11.8 Å². The average molecular weight is 851 g/mol. The van der Waals surface area contributed by atoms with Crippen molar-refractivity contribution in [1.29, 1.82) is 0 Å². The predicted molar refractivity (Wildman–Crippen MR) is 207 cm³/mol. The van der Waals surface area contributed by atoms with Crippen molar-refractivity contribution in [1.82, 2.24) is 19.6 Å². The van der Waals surface area contributed by atoms with E-state index >= 15 is 0 Å². The fourth-order valence-corrected chi connectivity index (χ4v) is 9.01. The summed E-state index contributed by atoms with van der Waals surface area (Å²) in [5, 5.41) is 6.78. The molecule has 0 N–H and O–H groups in total. The zero-order valence-electron chi connectivity index (χ0n) is 32.0. The summed E-state index contributed by atoms with van der Waals surface area (Å²) in [6.07, 6.45) is 4.06. The maximum atomic E-state index is 15.0. The van der Waals surface area contributed by atoms with Crippen LogP contribution in [0.4, 0.5) is 9.59 Å². The summed E-state index contributed by atoms with van der Waals surface area (Å²) in [5.41, 5.74) is -2.60. The number of aromatic nitrogens is 4. The molecule has 4 rings (SSSR count). The van der Waals surface area contributed by atoms with Crippen LogP contribution >= 0.6 is 23.5 Å². The Morgan fingerprint density at radius 1 is 0.643 bits per heavy atom. The topological polar surface area (TPSA) is 226 Å². The van der Waals surface area contributed by atoms with E-state index in [9.17, 15) is 40.8 Å². The summed E-state index contributed by atoms with van der Waals surface area (Å²) in [4.78, 5) is 66.1. The number of hydrogen-bond donors (Lipinski definition) is 0. The fraction of sp³-hybridized carbons (Fsp3) is 0.343. The molecular weight excluding hydrogens is 813 g/mol. The molecule has 2 aromatic carbocycles. The summed E-state index contributed by atoms with van der Waals surface area (Å²) < 4.78 is 77.5. The Hall–Kier alpha value is -4.99. The van der Waals surface area contributed by atoms with E-state index in [1.54, 1.807) is 13.8 Å². The molecule has 4 aromatic rings. The number of methoxy groups -OCH3 is 2. The zero-order valence-corrected chi connectivity index (χ0v) is 35.2. The summed E-state index contributed by atoms with van der Waals surface area (Å²) in [6, 6.07) is 2.34. The molecular formula is C35H38N4O13S4. The Kier molecular flexibility index (Phi) is 13.3. The summed E-state index contributed by atoms with van der Waals surface area (Å²) in [7, 11) is -3.77. The Balaban J connectivity index is 2.21. The number of ether oxygens (including phenoxy) is 4. The minimum atomic E-state index is -4.33. The van der Waals surface area contributed by atoms with Crippen LogP contribution in [0.15, 0.2) is 34.3 Å². The van der Waals surface area contributed by atoms with Crippen LogP contribution in [0.1, 0.15) is 61.6 Å². The number of rotatable bonds is 12. The van der Waals surface area contributed by atoms with E-state index in [1.165, 1.54) is 52.5 Å². The van der Waals surface area contributed by atoms with E-state index in [0.29, 0.717) is 11.5 Å². The highest BCUT2D eigenvalue weighted by Gasteiger charge is 2.36. The van der Waals surface area contributed by atoms with Crippen LogP contribution in [0, 0.1) is 13.8 Å². The molecule has 0 spiro atoms. The molecule has 0 atom stereocenters. The number of carbonyl (C=O) groups is 5. The quantitative estimate of drug-likeness (QED) is 0.131. The normalized spacial score (nSPS) is 11.6. The van der Waals surface area contributed by atoms with Gasteiger partial charge in [0.1, 0.15) is 0 Å². The van der Waals surface area contributed by atoms with Gasteiger partial charge < -0.3 is 18.9 Å². The van der Waals surface area contributed by atoms with Crippen LogP contribution < -0.4 is 9.47 Å². The van der Waals surface area contributed by atoms with E-state index in [2.05, 4.69) is 10.2 Å². The number of aryl methyl sites for hydroxylation is 2. The highest BCUT2D eigenvalue weighted by atomic mass is 32.2. The second kappa shape index (κ2) is 17.0. The maximum Gasteiger partial charge on any atom is 0.374 e. The molecule has 0 aliphatic rings. The highest BCUT2D eigenvalue weighted by molar-refractivity contribution is 8.13. The van der Waals surface area contributed by atoms with Crippen molar-refractivity contribution in [3.63, 3.8) is 0 Å². The second-order valence-electron chi connectivity index (χ2n) is 12.0. The van der Waals surface area contributed by atoms with Crippen LogP contribution in [0.25, 0.3) is 22.3 Å². The van der Waals surface area contributed by atoms with Gasteiger partial charge in [-0.15, -0.1) is 0 Å². The van der Waals surface area contributed by atoms with Crippen molar-refractivity contribution < 1.29 is 59.8 Å². The van der Waals surface area contributed by atoms with Gasteiger partial charge in [-0.25, -0.2) is 45.4 Å². The maximum absolute atomic E-state index is 15.0. The molecule has 0 amide bonds. The molecule has 0 fully saturated rings. The Bertz CT molecular complexity index is 2350. The van der Waals surface area contributed by atoms with Gasteiger partial charge in [-0.3, -0.25) is 4.79 Å². The van der Waals surface area contributed by atoms with Crippen LogP contribution in [0.5, 0.6) is 11.8 Å². The Morgan fingerprint density at radius 2 is 0.982 bits per heavy atom. The van der Waals surface area contributed by atoms with Gasteiger partial charge in [-0.05, 0) is 60.6 Å². The molecule has 0 radical (unpaired) electrons. The standard InChI is InChI=1S/C35H38N4O13S4/c1-11-53-34(43)51-30-23(15-36-38(30)5)21-13-19(17(3)25(32(41)49-7)28(21)55(9,45)46)27(40)20-14-22(24-16-37-39(6)31(24)52-35(44)54-12-2)29(56(10,47)48)26(18(20)4)33(42)50-8/h13-16H,11-12H2,1-10H3. The third-order valence-electron chi connectivity index (χ3n) is 8.32. The first-order chi connectivity index (χ1) is 26.1. The van der Waals surface area contributed by atoms with Crippen molar-refractivity contribution in [3.8, 4) is 34.0 Å². The van der Waals surface area contributed by atoms with Crippen LogP contribution in [0.3, 0.4) is 0 Å². The first-order valence-electron chi connectivity index (χ1n) is 16.3. The number of nitrogens with zero attached hydrogens (tertiary/aromatic N) is 4. The monoisotopic (exact) mass is 850 g/mol. The molecule has 0 aliphatic carbocycles. The van der Waals surface area contributed by atoms with Crippen molar-refractivity contribution in [2.75, 3.05) is 38.2 Å². The highest BCUT2D eigenvalue weighted by Crippen LogP contribution is 2.43. The number of esters is 2. The molecule has 21 heteroatoms. The SMILES string of the molecule is CCSC(=O)Oc1c(-c2cc(C(=O)c3cc(-c4cnn(C)c4OC(=O)SCC)c(S(C)(=O)=O)c(C(=O)OC)c3C)c(C)c(C(=O)OC)c2S(C)(=O)=O)cnn1C. The molecule has 17 nitrogen and oxygen atoms in total. The molecule has 0 bridgehead atoms. The summed E-state index contributed by atoms with van der Waals surface area (Å²) in [6.45, 7) is 6.05. The van der Waals surface area contributed by atoms with E-state index in [0.717, 1.165) is 59.6 Å². The third-order valence-corrected chi connectivity index (χ3v) is 11.9. The lowest BCUT2D eigenvalue weighted by Gasteiger charge is -2.21. The lowest BCUT2D eigenvalue weighted by Crippen LogP contribution is -2.20. The van der Waals surface area contributed by atoms with E-state index in [-0.39, 0.29) is 56.3 Å². The number of sulfone groups is 2. The van der Waals surface area contributed by atoms with Crippen molar-refractivity contribution in [2.45, 2.75) is 37.5 Å². The zero-order chi connectivity index (χ0) is 42.0. The predicted octanol–water partition coefficient (Wildman–Crippen LogP) is 5.22. The molecule has 0 unspecified atom stereocenters. The van der Waals surface area contributed by atoms with E-state index in [4.69, 9.17) is 18.9 Å². The molecule has 0 saturated carbocycles. The minimum absolute atomic E-state index is 0.0796. The molecule has 2 heterocycles. The van der Waals surface area contributed by atoms with E-state index < -0.39 is 68.9 Å². The van der Waals surface area contributed by atoms with E-state index in [1.807, 2.05) is 0 Å². The molecule has 300 valence electrons. The molecule has 2 aromatic heterocycles. The van der Waals surface area contributed by atoms with Gasteiger partial charge in [0, 0.05) is 60.4 Å². The molecule has 0 saturated heterocycles. The van der Waals surface area contributed by atoms with Crippen molar-refractivity contribution in [2.24, 2.45) is 14.1 Å². The third kappa shape index (κ3) is 8.54. The minimum Gasteiger partial charge on any atom is -0.465 e. The average Bonchev–Trinajstić information content (AvgIpc) is 3.66. The number of hydrogen-bond acceptors (Lipinski definition) is 17. The smallest absolute Gasteiger partial charge is 0.374 e. The van der Waals surface area contributed by atoms with Gasteiger partial charge in [-0.1, -0.05) is 13.8 Å². The Labute approximate surface area is 331 Å². The lowest BCUT2D eigenvalue weighted by atomic mass is 9.87. The fourth-order valence-electron chi connectivity index (χ4n) is 5.92. The first kappa shape index (κ1) is 43.7. The van der Waals surface area contributed by atoms with Gasteiger partial charge in [0.05, 0.1) is 58.7 Å². The number of carbonyl (C=O) groups excluding carboxylic acids is 5. The largest absolute Gasteiger partial charge is 0.465 e. The second-order valence-corrected chi connectivity index (χ2v) is 18.3. The van der Waals surface area contributed by atoms with Crippen molar-refractivity contribution >= 4 is 71.5 Å². The van der Waals surface area contributed by atoms with Gasteiger partial charge in [0.25, 0.3) is 0 Å². The first-order valence-corrected chi connectivity index (χ1v) is 22.1. The summed E-state index contributed by atoms with van der Waals surface area (Å²) in [5.74, 6) is -2.88. The molecule has 56 heavy (non-hydrogen) atoms. The van der Waals surface area contributed by atoms with Gasteiger partial charge in [-0.2, -0.15) is 10.2 Å². The molecule has 0 aliphatic heterocycles. The van der Waals surface area contributed by atoms with Gasteiger partial charge in [0.15, 0.2) is 25.5 Å². The number of thioether (sulfide) groups is 2. The summed E-state index contributed by atoms with van der Waals surface area (Å²) >= 11 is 1.65. The number of ketones is 1. The van der Waals surface area contributed by atoms with Crippen LogP contribution in [-0.4, -0.2) is 103 Å². The van der Waals surface area contributed by atoms with Crippen molar-refractivity contribution in [3.05, 3.63) is 57.9 Å². The van der Waals surface area contributed by atoms with Crippen LogP contribution in [-0.2, 0) is 43.2 Å². The number of benzene rings is 2. The lowest BCUT2D eigenvalue weighted by molar-refractivity contribution is 0.0587.